The SMILES string of the molecule is COC(=O)c1cnnc(C)n1. The van der Waals surface area contributed by atoms with Crippen molar-refractivity contribution in [1.82, 2.24) is 15.2 Å². The molecule has 0 bridgehead atoms. The van der Waals surface area contributed by atoms with Crippen LogP contribution in [-0.2, 0) is 4.74 Å². The van der Waals surface area contributed by atoms with E-state index < -0.39 is 5.97 Å². The van der Waals surface area contributed by atoms with Gasteiger partial charge in [0.05, 0.1) is 13.3 Å². The lowest BCUT2D eigenvalue weighted by molar-refractivity contribution is 0.0592. The minimum Gasteiger partial charge on any atom is -0.464 e. The van der Waals surface area contributed by atoms with Crippen molar-refractivity contribution in [2.24, 2.45) is 0 Å². The molecule has 0 saturated heterocycles. The quantitative estimate of drug-likeness (QED) is 0.530. The van der Waals surface area contributed by atoms with Gasteiger partial charge in [0.25, 0.3) is 0 Å². The first-order valence-corrected chi connectivity index (χ1v) is 2.98. The molecule has 1 rings (SSSR count). The number of carbonyl (C=O) groups is 1. The van der Waals surface area contributed by atoms with Crippen LogP contribution in [-0.4, -0.2) is 28.3 Å². The van der Waals surface area contributed by atoms with Crippen LogP contribution in [0.15, 0.2) is 6.20 Å². The minimum absolute atomic E-state index is 0.181. The number of methoxy groups -OCH3 is 1. The molecule has 58 valence electrons. The molecule has 0 atom stereocenters. The highest BCUT2D eigenvalue weighted by Gasteiger charge is 2.06. The lowest BCUT2D eigenvalue weighted by Gasteiger charge is -1.95. The van der Waals surface area contributed by atoms with E-state index in [1.165, 1.54) is 13.3 Å². The Kier molecular flexibility index (Phi) is 2.10. The van der Waals surface area contributed by atoms with Crippen molar-refractivity contribution in [3.8, 4) is 0 Å². The van der Waals surface area contributed by atoms with Crippen LogP contribution in [0.4, 0.5) is 0 Å². The summed E-state index contributed by atoms with van der Waals surface area (Å²) < 4.78 is 4.42. The number of rotatable bonds is 1. The molecule has 1 aromatic rings. The van der Waals surface area contributed by atoms with Gasteiger partial charge in [0.2, 0.25) is 0 Å². The van der Waals surface area contributed by atoms with Gasteiger partial charge in [-0.2, -0.15) is 5.10 Å². The van der Waals surface area contributed by atoms with Crippen molar-refractivity contribution in [2.45, 2.75) is 6.92 Å². The third-order valence-corrected chi connectivity index (χ3v) is 1.06. The van der Waals surface area contributed by atoms with Crippen LogP contribution in [0.25, 0.3) is 0 Å². The Balaban J connectivity index is 2.96. The summed E-state index contributed by atoms with van der Waals surface area (Å²) in [7, 11) is 1.29. The molecule has 0 aliphatic rings. The smallest absolute Gasteiger partial charge is 0.358 e. The molecule has 0 N–H and O–H groups in total. The number of hydrogen-bond donors (Lipinski definition) is 0. The average molecular weight is 153 g/mol. The van der Waals surface area contributed by atoms with E-state index >= 15 is 0 Å². The molecule has 0 saturated carbocycles. The number of aromatic nitrogens is 3. The Hall–Kier alpha value is -1.52. The van der Waals surface area contributed by atoms with Gasteiger partial charge < -0.3 is 4.74 Å². The predicted molar refractivity (Wildman–Crippen MR) is 35.9 cm³/mol. The molecule has 11 heavy (non-hydrogen) atoms. The Morgan fingerprint density at radius 3 is 2.91 bits per heavy atom. The van der Waals surface area contributed by atoms with Gasteiger partial charge in [-0.15, -0.1) is 5.10 Å². The molecule has 5 heteroatoms. The van der Waals surface area contributed by atoms with Crippen LogP contribution in [0.2, 0.25) is 0 Å². The highest BCUT2D eigenvalue weighted by Crippen LogP contribution is 1.93. The maximum Gasteiger partial charge on any atom is 0.358 e. The van der Waals surface area contributed by atoms with Crippen LogP contribution in [0.1, 0.15) is 16.3 Å². The van der Waals surface area contributed by atoms with Crippen LogP contribution in [0, 0.1) is 6.92 Å². The maximum absolute atomic E-state index is 10.8. The van der Waals surface area contributed by atoms with Crippen LogP contribution >= 0.6 is 0 Å². The second-order valence-electron chi connectivity index (χ2n) is 1.88. The highest BCUT2D eigenvalue weighted by molar-refractivity contribution is 5.86. The maximum atomic E-state index is 10.8. The summed E-state index contributed by atoms with van der Waals surface area (Å²) in [6.45, 7) is 1.65. The average Bonchev–Trinajstić information content (AvgIpc) is 2.03. The minimum atomic E-state index is -0.497. The van der Waals surface area contributed by atoms with Crippen molar-refractivity contribution >= 4 is 5.97 Å². The van der Waals surface area contributed by atoms with Gasteiger partial charge in [-0.1, -0.05) is 0 Å². The van der Waals surface area contributed by atoms with Crippen molar-refractivity contribution in [3.05, 3.63) is 17.7 Å². The third kappa shape index (κ3) is 1.70. The van der Waals surface area contributed by atoms with Gasteiger partial charge in [0.15, 0.2) is 5.69 Å². The zero-order valence-electron chi connectivity index (χ0n) is 6.24. The molecule has 1 aromatic heterocycles. The Labute approximate surface area is 63.4 Å². The van der Waals surface area contributed by atoms with Crippen LogP contribution < -0.4 is 0 Å². The van der Waals surface area contributed by atoms with E-state index in [2.05, 4.69) is 19.9 Å². The van der Waals surface area contributed by atoms with Gasteiger partial charge in [0.1, 0.15) is 5.82 Å². The summed E-state index contributed by atoms with van der Waals surface area (Å²) in [4.78, 5) is 14.6. The summed E-state index contributed by atoms with van der Waals surface area (Å²) in [5, 5.41) is 7.13. The largest absolute Gasteiger partial charge is 0.464 e. The molecule has 0 amide bonds. The van der Waals surface area contributed by atoms with Crippen molar-refractivity contribution < 1.29 is 9.53 Å². The molecule has 0 aromatic carbocycles. The number of esters is 1. The molecule has 0 radical (unpaired) electrons. The molecule has 0 aliphatic carbocycles. The van der Waals surface area contributed by atoms with E-state index in [0.717, 1.165) is 0 Å². The fraction of sp³-hybridized carbons (Fsp3) is 0.333. The van der Waals surface area contributed by atoms with Crippen LogP contribution in [0.5, 0.6) is 0 Å². The lowest BCUT2D eigenvalue weighted by atomic mass is 10.5. The number of hydrogen-bond acceptors (Lipinski definition) is 5. The normalized spacial score (nSPS) is 9.27. The monoisotopic (exact) mass is 153 g/mol. The molecule has 0 unspecified atom stereocenters. The van der Waals surface area contributed by atoms with Crippen molar-refractivity contribution in [1.29, 1.82) is 0 Å². The number of nitrogens with zero attached hydrogens (tertiary/aromatic N) is 3. The first kappa shape index (κ1) is 7.59. The molecule has 1 heterocycles. The molecule has 0 aliphatic heterocycles. The van der Waals surface area contributed by atoms with Crippen molar-refractivity contribution in [3.63, 3.8) is 0 Å². The Bertz CT molecular complexity index is 274. The standard InChI is InChI=1S/C6H7N3O2/c1-4-8-5(3-7-9-4)6(10)11-2/h3H,1-2H3. The fourth-order valence-corrected chi connectivity index (χ4v) is 0.596. The molecular formula is C6H7N3O2. The number of carbonyl (C=O) groups excluding carboxylic acids is 1. The lowest BCUT2D eigenvalue weighted by Crippen LogP contribution is -2.06. The topological polar surface area (TPSA) is 65.0 Å². The van der Waals surface area contributed by atoms with Gasteiger partial charge in [-0.05, 0) is 6.92 Å². The van der Waals surface area contributed by atoms with Crippen LogP contribution in [0.3, 0.4) is 0 Å². The fourth-order valence-electron chi connectivity index (χ4n) is 0.596. The first-order chi connectivity index (χ1) is 5.24. The Morgan fingerprint density at radius 1 is 1.64 bits per heavy atom. The van der Waals surface area contributed by atoms with E-state index in [4.69, 9.17) is 0 Å². The second kappa shape index (κ2) is 3.05. The molecule has 0 spiro atoms. The number of aryl methyl sites for hydroxylation is 1. The third-order valence-electron chi connectivity index (χ3n) is 1.06. The summed E-state index contributed by atoms with van der Waals surface area (Å²) in [5.74, 6) is -0.0455. The second-order valence-corrected chi connectivity index (χ2v) is 1.88. The highest BCUT2D eigenvalue weighted by atomic mass is 16.5. The molecule has 0 fully saturated rings. The van der Waals surface area contributed by atoms with E-state index in [-0.39, 0.29) is 5.69 Å². The summed E-state index contributed by atoms with van der Waals surface area (Å²) in [6, 6.07) is 0. The van der Waals surface area contributed by atoms with E-state index in [9.17, 15) is 4.79 Å². The zero-order valence-corrected chi connectivity index (χ0v) is 6.24. The van der Waals surface area contributed by atoms with E-state index in [1.807, 2.05) is 0 Å². The summed E-state index contributed by atoms with van der Waals surface area (Å²) in [6.07, 6.45) is 1.26. The summed E-state index contributed by atoms with van der Waals surface area (Å²) >= 11 is 0. The predicted octanol–water partition coefficient (Wildman–Crippen LogP) is -0.0334. The first-order valence-electron chi connectivity index (χ1n) is 2.98. The Morgan fingerprint density at radius 2 is 2.36 bits per heavy atom. The molecule has 5 nitrogen and oxygen atoms in total. The van der Waals surface area contributed by atoms with Gasteiger partial charge in [-0.3, -0.25) is 0 Å². The van der Waals surface area contributed by atoms with E-state index in [1.54, 1.807) is 6.92 Å². The van der Waals surface area contributed by atoms with Crippen molar-refractivity contribution in [2.75, 3.05) is 7.11 Å². The van der Waals surface area contributed by atoms with Gasteiger partial charge in [0, 0.05) is 0 Å². The molecular weight excluding hydrogens is 146 g/mol. The van der Waals surface area contributed by atoms with Gasteiger partial charge in [-0.25, -0.2) is 9.78 Å². The zero-order chi connectivity index (χ0) is 8.27. The number of ether oxygens (including phenoxy) is 1. The van der Waals surface area contributed by atoms with Gasteiger partial charge >= 0.3 is 5.97 Å². The van der Waals surface area contributed by atoms with E-state index in [0.29, 0.717) is 5.82 Å². The summed E-state index contributed by atoms with van der Waals surface area (Å²) in [5.41, 5.74) is 0.181.